The summed E-state index contributed by atoms with van der Waals surface area (Å²) in [6, 6.07) is 0.206. The summed E-state index contributed by atoms with van der Waals surface area (Å²) in [5.74, 6) is 0. The smallest absolute Gasteiger partial charge is 0.163 e. The van der Waals surface area contributed by atoms with Crippen LogP contribution >= 0.6 is 0 Å². The van der Waals surface area contributed by atoms with Crippen LogP contribution in [-0.4, -0.2) is 43.9 Å². The average Bonchev–Trinajstić information content (AvgIpc) is 2.94. The molecule has 6 heteroatoms. The number of nitrogens with zero attached hydrogens (tertiary/aromatic N) is 4. The molecular formula is C10H12N4O2. The monoisotopic (exact) mass is 220 g/mol. The fourth-order valence-corrected chi connectivity index (χ4v) is 2.06. The van der Waals surface area contributed by atoms with Crippen LogP contribution in [0.2, 0.25) is 0 Å². The molecule has 1 aliphatic rings. The van der Waals surface area contributed by atoms with E-state index in [0.717, 1.165) is 17.6 Å². The van der Waals surface area contributed by atoms with E-state index in [1.54, 1.807) is 12.5 Å². The van der Waals surface area contributed by atoms with E-state index in [1.807, 2.05) is 4.57 Å². The second-order valence-electron chi connectivity index (χ2n) is 3.91. The van der Waals surface area contributed by atoms with Gasteiger partial charge in [0.1, 0.15) is 11.8 Å². The summed E-state index contributed by atoms with van der Waals surface area (Å²) in [7, 11) is 0. The van der Waals surface area contributed by atoms with Crippen LogP contribution < -0.4 is 0 Å². The predicted octanol–water partition coefficient (Wildman–Crippen LogP) is 0.149. The SMILES string of the molecule is OC[C@H]1C[C@@H](n2cnc3cncnc32)CO1. The molecule has 0 aromatic carbocycles. The number of imidazole rings is 1. The van der Waals surface area contributed by atoms with Gasteiger partial charge in [-0.25, -0.2) is 15.0 Å². The van der Waals surface area contributed by atoms with Gasteiger partial charge in [-0.3, -0.25) is 0 Å². The summed E-state index contributed by atoms with van der Waals surface area (Å²) in [5.41, 5.74) is 1.61. The van der Waals surface area contributed by atoms with Gasteiger partial charge in [-0.2, -0.15) is 0 Å². The van der Waals surface area contributed by atoms with Crippen molar-refractivity contribution < 1.29 is 9.84 Å². The fourth-order valence-electron chi connectivity index (χ4n) is 2.06. The highest BCUT2D eigenvalue weighted by molar-refractivity contribution is 5.69. The van der Waals surface area contributed by atoms with Crippen molar-refractivity contribution in [1.29, 1.82) is 0 Å². The number of hydrogen-bond acceptors (Lipinski definition) is 5. The van der Waals surface area contributed by atoms with Crippen LogP contribution in [0.1, 0.15) is 12.5 Å². The van der Waals surface area contributed by atoms with Gasteiger partial charge in [0.25, 0.3) is 0 Å². The largest absolute Gasteiger partial charge is 0.394 e. The Morgan fingerprint density at radius 1 is 1.50 bits per heavy atom. The summed E-state index contributed by atoms with van der Waals surface area (Å²) < 4.78 is 7.44. The van der Waals surface area contributed by atoms with Crippen LogP contribution in [0.15, 0.2) is 18.9 Å². The molecule has 1 saturated heterocycles. The third kappa shape index (κ3) is 1.46. The Morgan fingerprint density at radius 3 is 3.25 bits per heavy atom. The highest BCUT2D eigenvalue weighted by Gasteiger charge is 2.27. The molecule has 0 saturated carbocycles. The Morgan fingerprint density at radius 2 is 2.44 bits per heavy atom. The van der Waals surface area contributed by atoms with Crippen LogP contribution in [0.25, 0.3) is 11.2 Å². The highest BCUT2D eigenvalue weighted by Crippen LogP contribution is 2.26. The summed E-state index contributed by atoms with van der Waals surface area (Å²) in [4.78, 5) is 12.4. The van der Waals surface area contributed by atoms with E-state index < -0.39 is 0 Å². The molecule has 3 rings (SSSR count). The topological polar surface area (TPSA) is 73.1 Å². The molecule has 0 spiro atoms. The zero-order valence-corrected chi connectivity index (χ0v) is 8.65. The Kier molecular flexibility index (Phi) is 2.30. The number of fused-ring (bicyclic) bond motifs is 1. The molecule has 0 radical (unpaired) electrons. The van der Waals surface area contributed by atoms with Crippen molar-refractivity contribution in [3.05, 3.63) is 18.9 Å². The van der Waals surface area contributed by atoms with Crippen LogP contribution in [0, 0.1) is 0 Å². The number of hydrogen-bond donors (Lipinski definition) is 1. The van der Waals surface area contributed by atoms with Crippen molar-refractivity contribution >= 4 is 11.2 Å². The average molecular weight is 220 g/mol. The van der Waals surface area contributed by atoms with E-state index in [-0.39, 0.29) is 18.8 Å². The molecule has 1 N–H and O–H groups in total. The van der Waals surface area contributed by atoms with Crippen LogP contribution in [-0.2, 0) is 4.74 Å². The number of ether oxygens (including phenoxy) is 1. The molecule has 0 unspecified atom stereocenters. The Hall–Kier alpha value is -1.53. The predicted molar refractivity (Wildman–Crippen MR) is 55.8 cm³/mol. The molecular weight excluding hydrogens is 208 g/mol. The van der Waals surface area contributed by atoms with Gasteiger partial charge in [0, 0.05) is 0 Å². The molecule has 0 aliphatic carbocycles. The number of rotatable bonds is 2. The minimum atomic E-state index is -0.0655. The van der Waals surface area contributed by atoms with Crippen molar-refractivity contribution in [3.63, 3.8) is 0 Å². The molecule has 0 bridgehead atoms. The molecule has 0 amide bonds. The molecule has 6 nitrogen and oxygen atoms in total. The maximum atomic E-state index is 9.02. The first-order valence-electron chi connectivity index (χ1n) is 5.23. The Bertz CT molecular complexity index is 498. The van der Waals surface area contributed by atoms with Crippen molar-refractivity contribution in [2.75, 3.05) is 13.2 Å². The van der Waals surface area contributed by atoms with E-state index in [4.69, 9.17) is 9.84 Å². The molecule has 16 heavy (non-hydrogen) atoms. The standard InChI is InChI=1S/C10H12N4O2/c15-3-8-1-7(4-16-8)14-6-13-9-2-11-5-12-10(9)14/h2,5-8,15H,1,3-4H2/t7-,8-/m1/s1. The number of aromatic nitrogens is 4. The fraction of sp³-hybridized carbons (Fsp3) is 0.500. The molecule has 3 heterocycles. The second kappa shape index (κ2) is 3.80. The highest BCUT2D eigenvalue weighted by atomic mass is 16.5. The minimum absolute atomic E-state index is 0.0655. The third-order valence-corrected chi connectivity index (χ3v) is 2.89. The van der Waals surface area contributed by atoms with Crippen molar-refractivity contribution in [1.82, 2.24) is 19.5 Å². The van der Waals surface area contributed by atoms with E-state index >= 15 is 0 Å². The maximum absolute atomic E-state index is 9.02. The first kappa shape index (κ1) is 9.68. The minimum Gasteiger partial charge on any atom is -0.394 e. The Labute approximate surface area is 91.9 Å². The van der Waals surface area contributed by atoms with E-state index in [2.05, 4.69) is 15.0 Å². The lowest BCUT2D eigenvalue weighted by molar-refractivity contribution is 0.0576. The lowest BCUT2D eigenvalue weighted by atomic mass is 10.2. The lowest BCUT2D eigenvalue weighted by Gasteiger charge is -2.09. The molecule has 2 aromatic rings. The maximum Gasteiger partial charge on any atom is 0.163 e. The van der Waals surface area contributed by atoms with Gasteiger partial charge in [-0.15, -0.1) is 0 Å². The summed E-state index contributed by atoms with van der Waals surface area (Å²) in [5, 5.41) is 9.02. The normalized spacial score (nSPS) is 25.3. The molecule has 1 aliphatic heterocycles. The van der Waals surface area contributed by atoms with Crippen molar-refractivity contribution in [3.8, 4) is 0 Å². The molecule has 2 aromatic heterocycles. The molecule has 84 valence electrons. The van der Waals surface area contributed by atoms with Gasteiger partial charge in [-0.1, -0.05) is 0 Å². The van der Waals surface area contributed by atoms with Crippen molar-refractivity contribution in [2.45, 2.75) is 18.6 Å². The van der Waals surface area contributed by atoms with Gasteiger partial charge in [-0.05, 0) is 6.42 Å². The van der Waals surface area contributed by atoms with E-state index in [1.165, 1.54) is 6.33 Å². The first-order chi connectivity index (χ1) is 7.88. The zero-order chi connectivity index (χ0) is 11.0. The van der Waals surface area contributed by atoms with Gasteiger partial charge in [0.2, 0.25) is 0 Å². The summed E-state index contributed by atoms with van der Waals surface area (Å²) >= 11 is 0. The first-order valence-corrected chi connectivity index (χ1v) is 5.23. The van der Waals surface area contributed by atoms with E-state index in [9.17, 15) is 0 Å². The number of aliphatic hydroxyl groups is 1. The Balaban J connectivity index is 1.95. The van der Waals surface area contributed by atoms with Gasteiger partial charge in [0.15, 0.2) is 5.65 Å². The lowest BCUT2D eigenvalue weighted by Crippen LogP contribution is -2.11. The van der Waals surface area contributed by atoms with Crippen LogP contribution in [0.5, 0.6) is 0 Å². The van der Waals surface area contributed by atoms with Gasteiger partial charge < -0.3 is 14.4 Å². The van der Waals surface area contributed by atoms with Crippen LogP contribution in [0.4, 0.5) is 0 Å². The second-order valence-corrected chi connectivity index (χ2v) is 3.91. The molecule has 2 atom stereocenters. The van der Waals surface area contributed by atoms with Gasteiger partial charge >= 0.3 is 0 Å². The van der Waals surface area contributed by atoms with E-state index in [0.29, 0.717) is 6.61 Å². The van der Waals surface area contributed by atoms with Crippen LogP contribution in [0.3, 0.4) is 0 Å². The quantitative estimate of drug-likeness (QED) is 0.779. The van der Waals surface area contributed by atoms with Crippen molar-refractivity contribution in [2.24, 2.45) is 0 Å². The number of aliphatic hydroxyl groups excluding tert-OH is 1. The molecule has 1 fully saturated rings. The third-order valence-electron chi connectivity index (χ3n) is 2.89. The van der Waals surface area contributed by atoms with Gasteiger partial charge in [0.05, 0.1) is 37.9 Å². The zero-order valence-electron chi connectivity index (χ0n) is 8.65. The summed E-state index contributed by atoms with van der Waals surface area (Å²) in [6.45, 7) is 0.665. The summed E-state index contributed by atoms with van der Waals surface area (Å²) in [6.07, 6.45) is 5.70.